The van der Waals surface area contributed by atoms with Crippen LogP contribution in [0.2, 0.25) is 5.15 Å². The van der Waals surface area contributed by atoms with Crippen LogP contribution in [-0.4, -0.2) is 52.3 Å². The lowest BCUT2D eigenvalue weighted by molar-refractivity contribution is 0.0219. The minimum Gasteiger partial charge on any atom is -0.487 e. The van der Waals surface area contributed by atoms with E-state index in [1.807, 2.05) is 25.7 Å². The first-order chi connectivity index (χ1) is 15.6. The van der Waals surface area contributed by atoms with Crippen molar-refractivity contribution in [2.45, 2.75) is 58.3 Å². The SMILES string of the molecule is CC(C)(C)OC(=O)N1CCc2nc(N3CCC(Oc4ccc(F)cc4F)CC3)c(Cl)nc2C1. The summed E-state index contributed by atoms with van der Waals surface area (Å²) in [5, 5.41) is 0.281. The number of halogens is 3. The highest BCUT2D eigenvalue weighted by atomic mass is 35.5. The molecule has 178 valence electrons. The van der Waals surface area contributed by atoms with Gasteiger partial charge in [0.05, 0.1) is 17.9 Å². The van der Waals surface area contributed by atoms with E-state index in [4.69, 9.17) is 26.1 Å². The van der Waals surface area contributed by atoms with E-state index in [-0.39, 0.29) is 23.1 Å². The largest absolute Gasteiger partial charge is 0.487 e. The maximum atomic E-state index is 13.9. The summed E-state index contributed by atoms with van der Waals surface area (Å²) in [6.45, 7) is 7.52. The molecular formula is C23H27ClF2N4O3. The molecule has 2 aliphatic heterocycles. The Balaban J connectivity index is 1.39. The number of nitrogens with zero attached hydrogens (tertiary/aromatic N) is 4. The van der Waals surface area contributed by atoms with Crippen LogP contribution in [0, 0.1) is 11.6 Å². The molecule has 1 fully saturated rings. The van der Waals surface area contributed by atoms with Crippen LogP contribution in [-0.2, 0) is 17.7 Å². The molecule has 1 saturated heterocycles. The van der Waals surface area contributed by atoms with E-state index in [0.717, 1.165) is 11.8 Å². The third-order valence-electron chi connectivity index (χ3n) is 5.53. The average molecular weight is 481 g/mol. The Morgan fingerprint density at radius 2 is 1.85 bits per heavy atom. The number of hydrogen-bond acceptors (Lipinski definition) is 6. The van der Waals surface area contributed by atoms with E-state index in [0.29, 0.717) is 57.0 Å². The van der Waals surface area contributed by atoms with Gasteiger partial charge >= 0.3 is 6.09 Å². The summed E-state index contributed by atoms with van der Waals surface area (Å²) in [5.74, 6) is -0.686. The molecule has 1 amide bonds. The Labute approximate surface area is 196 Å². The summed E-state index contributed by atoms with van der Waals surface area (Å²) in [7, 11) is 0. The molecule has 33 heavy (non-hydrogen) atoms. The van der Waals surface area contributed by atoms with E-state index in [9.17, 15) is 13.6 Å². The van der Waals surface area contributed by atoms with Crippen LogP contribution in [0.1, 0.15) is 45.0 Å². The second kappa shape index (κ2) is 9.29. The van der Waals surface area contributed by atoms with Gasteiger partial charge in [0, 0.05) is 45.0 Å². The molecule has 10 heteroatoms. The van der Waals surface area contributed by atoms with E-state index >= 15 is 0 Å². The van der Waals surface area contributed by atoms with Crippen molar-refractivity contribution in [3.8, 4) is 5.75 Å². The Morgan fingerprint density at radius 3 is 2.52 bits per heavy atom. The second-order valence-electron chi connectivity index (χ2n) is 9.26. The number of carbonyl (C=O) groups is 1. The fraction of sp³-hybridized carbons (Fsp3) is 0.522. The fourth-order valence-electron chi connectivity index (χ4n) is 3.92. The standard InChI is InChI=1S/C23H27ClF2N4O3/c1-23(2,3)33-22(31)30-11-8-17-18(13-30)27-20(24)21(28-17)29-9-6-15(7-10-29)32-19-5-4-14(25)12-16(19)26/h4-5,12,15H,6-11,13H2,1-3H3. The molecule has 0 aliphatic carbocycles. The number of anilines is 1. The zero-order chi connectivity index (χ0) is 23.8. The van der Waals surface area contributed by atoms with Crippen molar-refractivity contribution in [1.29, 1.82) is 0 Å². The average Bonchev–Trinajstić information content (AvgIpc) is 2.74. The lowest BCUT2D eigenvalue weighted by atomic mass is 10.1. The Bertz CT molecular complexity index is 1040. The van der Waals surface area contributed by atoms with Crippen LogP contribution in [0.4, 0.5) is 19.4 Å². The molecule has 1 aromatic carbocycles. The van der Waals surface area contributed by atoms with Crippen LogP contribution >= 0.6 is 11.6 Å². The van der Waals surface area contributed by atoms with Gasteiger partial charge in [0.2, 0.25) is 0 Å². The quantitative estimate of drug-likeness (QED) is 0.631. The first-order valence-electron chi connectivity index (χ1n) is 11.0. The third-order valence-corrected chi connectivity index (χ3v) is 5.79. The predicted octanol–water partition coefficient (Wildman–Crippen LogP) is 4.75. The topological polar surface area (TPSA) is 67.8 Å². The van der Waals surface area contributed by atoms with E-state index < -0.39 is 17.2 Å². The maximum Gasteiger partial charge on any atom is 0.410 e. The minimum atomic E-state index is -0.707. The number of amides is 1. The molecule has 7 nitrogen and oxygen atoms in total. The van der Waals surface area contributed by atoms with Crippen LogP contribution in [0.15, 0.2) is 18.2 Å². The number of piperidine rings is 1. The predicted molar refractivity (Wildman–Crippen MR) is 120 cm³/mol. The van der Waals surface area contributed by atoms with Gasteiger partial charge in [0.1, 0.15) is 17.5 Å². The first-order valence-corrected chi connectivity index (χ1v) is 11.4. The van der Waals surface area contributed by atoms with Crippen LogP contribution in [0.5, 0.6) is 5.75 Å². The minimum absolute atomic E-state index is 0.0518. The van der Waals surface area contributed by atoms with Crippen molar-refractivity contribution >= 4 is 23.5 Å². The number of ether oxygens (including phenoxy) is 2. The summed E-state index contributed by atoms with van der Waals surface area (Å²) in [6.07, 6.45) is 1.27. The van der Waals surface area contributed by atoms with Gasteiger partial charge in [-0.05, 0) is 32.9 Å². The van der Waals surface area contributed by atoms with Gasteiger partial charge in [-0.25, -0.2) is 23.5 Å². The Morgan fingerprint density at radius 1 is 1.12 bits per heavy atom. The lowest BCUT2D eigenvalue weighted by Gasteiger charge is -2.34. The highest BCUT2D eigenvalue weighted by Gasteiger charge is 2.30. The number of rotatable bonds is 3. The van der Waals surface area contributed by atoms with Crippen LogP contribution < -0.4 is 9.64 Å². The van der Waals surface area contributed by atoms with Gasteiger partial charge in [-0.15, -0.1) is 0 Å². The summed E-state index contributed by atoms with van der Waals surface area (Å²) in [5.41, 5.74) is 0.926. The highest BCUT2D eigenvalue weighted by Crippen LogP contribution is 2.30. The van der Waals surface area contributed by atoms with Crippen molar-refractivity contribution in [3.05, 3.63) is 46.4 Å². The summed E-state index contributed by atoms with van der Waals surface area (Å²) in [4.78, 5) is 25.3. The number of hydrogen-bond donors (Lipinski definition) is 0. The number of carbonyl (C=O) groups excluding carboxylic acids is 1. The molecular weight excluding hydrogens is 454 g/mol. The Hall–Kier alpha value is -2.68. The molecule has 0 unspecified atom stereocenters. The van der Waals surface area contributed by atoms with E-state index in [1.54, 1.807) is 4.90 Å². The lowest BCUT2D eigenvalue weighted by Crippen LogP contribution is -2.41. The number of aromatic nitrogens is 2. The molecule has 2 aromatic rings. The van der Waals surface area contributed by atoms with Gasteiger partial charge < -0.3 is 19.3 Å². The normalized spacial score (nSPS) is 17.0. The van der Waals surface area contributed by atoms with E-state index in [2.05, 4.69) is 4.98 Å². The van der Waals surface area contributed by atoms with Gasteiger partial charge in [0.25, 0.3) is 0 Å². The summed E-state index contributed by atoms with van der Waals surface area (Å²) < 4.78 is 38.1. The summed E-state index contributed by atoms with van der Waals surface area (Å²) in [6, 6.07) is 3.31. The molecule has 0 bridgehead atoms. The molecule has 2 aliphatic rings. The zero-order valence-electron chi connectivity index (χ0n) is 18.9. The van der Waals surface area contributed by atoms with Gasteiger partial charge in [-0.3, -0.25) is 0 Å². The van der Waals surface area contributed by atoms with Crippen molar-refractivity contribution < 1.29 is 23.0 Å². The molecule has 4 rings (SSSR count). The molecule has 0 spiro atoms. The molecule has 0 N–H and O–H groups in total. The first kappa shape index (κ1) is 23.5. The maximum absolute atomic E-state index is 13.9. The molecule has 3 heterocycles. The van der Waals surface area contributed by atoms with Crippen LogP contribution in [0.3, 0.4) is 0 Å². The smallest absolute Gasteiger partial charge is 0.410 e. The number of fused-ring (bicyclic) bond motifs is 1. The molecule has 1 aromatic heterocycles. The van der Waals surface area contributed by atoms with Crippen molar-refractivity contribution in [3.63, 3.8) is 0 Å². The molecule has 0 radical (unpaired) electrons. The van der Waals surface area contributed by atoms with Gasteiger partial charge in [-0.1, -0.05) is 11.6 Å². The zero-order valence-corrected chi connectivity index (χ0v) is 19.7. The second-order valence-corrected chi connectivity index (χ2v) is 9.62. The van der Waals surface area contributed by atoms with E-state index in [1.165, 1.54) is 12.1 Å². The monoisotopic (exact) mass is 480 g/mol. The molecule has 0 atom stereocenters. The van der Waals surface area contributed by atoms with Crippen LogP contribution in [0.25, 0.3) is 0 Å². The van der Waals surface area contributed by atoms with Gasteiger partial charge in [0.15, 0.2) is 22.5 Å². The highest BCUT2D eigenvalue weighted by molar-refractivity contribution is 6.31. The van der Waals surface area contributed by atoms with Crippen molar-refractivity contribution in [2.75, 3.05) is 24.5 Å². The fourth-order valence-corrected chi connectivity index (χ4v) is 4.18. The van der Waals surface area contributed by atoms with Crippen molar-refractivity contribution in [1.82, 2.24) is 14.9 Å². The summed E-state index contributed by atoms with van der Waals surface area (Å²) >= 11 is 6.46. The van der Waals surface area contributed by atoms with Gasteiger partial charge in [-0.2, -0.15) is 0 Å². The van der Waals surface area contributed by atoms with Crippen molar-refractivity contribution in [2.24, 2.45) is 0 Å². The number of benzene rings is 1. The third kappa shape index (κ3) is 5.63. The Kier molecular flexibility index (Phi) is 6.61. The molecule has 0 saturated carbocycles.